The molecule has 0 aliphatic heterocycles. The summed E-state index contributed by atoms with van der Waals surface area (Å²) in [4.78, 5) is 0. The summed E-state index contributed by atoms with van der Waals surface area (Å²) >= 11 is 0. The Morgan fingerprint density at radius 2 is 2.08 bits per heavy atom. The van der Waals surface area contributed by atoms with Gasteiger partial charge in [0, 0.05) is 5.56 Å². The SMILES string of the molecule is CC(O)[C@@H](N)c1cc(O)ccc1F. The van der Waals surface area contributed by atoms with Gasteiger partial charge in [-0.2, -0.15) is 0 Å². The third-order valence-corrected chi connectivity index (χ3v) is 1.86. The molecule has 2 atom stereocenters. The number of aromatic hydroxyl groups is 1. The fourth-order valence-electron chi connectivity index (χ4n) is 1.05. The molecule has 0 radical (unpaired) electrons. The molecule has 0 fully saturated rings. The van der Waals surface area contributed by atoms with Gasteiger partial charge in [0.2, 0.25) is 0 Å². The van der Waals surface area contributed by atoms with Crippen molar-refractivity contribution < 1.29 is 14.6 Å². The van der Waals surface area contributed by atoms with Gasteiger partial charge in [-0.15, -0.1) is 0 Å². The van der Waals surface area contributed by atoms with Gasteiger partial charge in [0.1, 0.15) is 11.6 Å². The van der Waals surface area contributed by atoms with Crippen LogP contribution in [0.4, 0.5) is 4.39 Å². The first-order chi connectivity index (χ1) is 6.02. The molecule has 0 amide bonds. The van der Waals surface area contributed by atoms with Crippen LogP contribution in [0.15, 0.2) is 18.2 Å². The van der Waals surface area contributed by atoms with E-state index in [4.69, 9.17) is 15.9 Å². The summed E-state index contributed by atoms with van der Waals surface area (Å²) in [6.45, 7) is 1.47. The van der Waals surface area contributed by atoms with Crippen LogP contribution in [-0.2, 0) is 0 Å². The van der Waals surface area contributed by atoms with Crippen molar-refractivity contribution in [2.45, 2.75) is 19.1 Å². The molecule has 1 rings (SSSR count). The van der Waals surface area contributed by atoms with E-state index in [2.05, 4.69) is 0 Å². The number of aliphatic hydroxyl groups is 1. The Kier molecular flexibility index (Phi) is 2.85. The highest BCUT2D eigenvalue weighted by Crippen LogP contribution is 2.22. The average molecular weight is 185 g/mol. The first-order valence-electron chi connectivity index (χ1n) is 3.94. The minimum absolute atomic E-state index is 0.0625. The molecular formula is C9H12FNO2. The van der Waals surface area contributed by atoms with Gasteiger partial charge >= 0.3 is 0 Å². The number of phenolic OH excluding ortho intramolecular Hbond substituents is 1. The van der Waals surface area contributed by atoms with Crippen LogP contribution in [0.1, 0.15) is 18.5 Å². The Labute approximate surface area is 75.6 Å². The molecule has 0 aliphatic rings. The molecule has 1 aromatic carbocycles. The lowest BCUT2D eigenvalue weighted by Gasteiger charge is -2.15. The first-order valence-corrected chi connectivity index (χ1v) is 3.94. The van der Waals surface area contributed by atoms with E-state index in [0.29, 0.717) is 0 Å². The summed E-state index contributed by atoms with van der Waals surface area (Å²) in [5.41, 5.74) is 5.63. The van der Waals surface area contributed by atoms with Crippen LogP contribution >= 0.6 is 0 Å². The quantitative estimate of drug-likeness (QED) is 0.641. The van der Waals surface area contributed by atoms with Crippen LogP contribution < -0.4 is 5.73 Å². The normalized spacial score (nSPS) is 15.4. The van der Waals surface area contributed by atoms with Gasteiger partial charge < -0.3 is 15.9 Å². The summed E-state index contributed by atoms with van der Waals surface area (Å²) in [6.07, 6.45) is -0.851. The molecule has 0 saturated heterocycles. The molecule has 4 N–H and O–H groups in total. The van der Waals surface area contributed by atoms with Crippen LogP contribution in [0.5, 0.6) is 5.75 Å². The average Bonchev–Trinajstić information content (AvgIpc) is 2.08. The Morgan fingerprint density at radius 1 is 1.46 bits per heavy atom. The highest BCUT2D eigenvalue weighted by Gasteiger charge is 2.16. The number of rotatable bonds is 2. The van der Waals surface area contributed by atoms with Crippen LogP contribution in [0, 0.1) is 5.82 Å². The maximum atomic E-state index is 13.1. The third-order valence-electron chi connectivity index (χ3n) is 1.86. The minimum Gasteiger partial charge on any atom is -0.508 e. The van der Waals surface area contributed by atoms with E-state index < -0.39 is 18.0 Å². The lowest BCUT2D eigenvalue weighted by molar-refractivity contribution is 0.162. The highest BCUT2D eigenvalue weighted by atomic mass is 19.1. The molecule has 1 aromatic rings. The molecule has 0 bridgehead atoms. The second-order valence-corrected chi connectivity index (χ2v) is 2.97. The van der Waals surface area contributed by atoms with Crippen molar-refractivity contribution in [3.63, 3.8) is 0 Å². The van der Waals surface area contributed by atoms with Crippen molar-refractivity contribution in [1.82, 2.24) is 0 Å². The van der Waals surface area contributed by atoms with Gasteiger partial charge in [-0.25, -0.2) is 4.39 Å². The fourth-order valence-corrected chi connectivity index (χ4v) is 1.05. The van der Waals surface area contributed by atoms with Crippen LogP contribution in [0.25, 0.3) is 0 Å². The number of hydrogen-bond acceptors (Lipinski definition) is 3. The molecule has 0 heterocycles. The predicted octanol–water partition coefficient (Wildman–Crippen LogP) is 0.912. The zero-order chi connectivity index (χ0) is 10.0. The van der Waals surface area contributed by atoms with Crippen LogP contribution in [0.3, 0.4) is 0 Å². The molecule has 0 spiro atoms. The van der Waals surface area contributed by atoms with E-state index in [9.17, 15) is 4.39 Å². The van der Waals surface area contributed by atoms with Crippen LogP contribution in [0.2, 0.25) is 0 Å². The van der Waals surface area contributed by atoms with Gasteiger partial charge in [0.15, 0.2) is 0 Å². The summed E-state index contributed by atoms with van der Waals surface area (Å²) in [5.74, 6) is -0.585. The lowest BCUT2D eigenvalue weighted by atomic mass is 10.0. The zero-order valence-corrected chi connectivity index (χ0v) is 7.24. The predicted molar refractivity (Wildman–Crippen MR) is 46.7 cm³/mol. The van der Waals surface area contributed by atoms with Crippen molar-refractivity contribution in [1.29, 1.82) is 0 Å². The first kappa shape index (κ1) is 9.95. The Bertz CT molecular complexity index is 302. The molecular weight excluding hydrogens is 173 g/mol. The molecule has 1 unspecified atom stereocenters. The molecule has 4 heteroatoms. The summed E-state index contributed by atoms with van der Waals surface area (Å²) in [7, 11) is 0. The Hall–Kier alpha value is -1.13. The van der Waals surface area contributed by atoms with Gasteiger partial charge in [-0.05, 0) is 25.1 Å². The number of hydrogen-bond donors (Lipinski definition) is 3. The van der Waals surface area contributed by atoms with Crippen molar-refractivity contribution in [3.8, 4) is 5.75 Å². The number of aliphatic hydroxyl groups excluding tert-OH is 1. The van der Waals surface area contributed by atoms with E-state index in [0.717, 1.165) is 6.07 Å². The summed E-state index contributed by atoms with van der Waals surface area (Å²) in [5, 5.41) is 18.2. The minimum atomic E-state index is -0.851. The number of phenols is 1. The van der Waals surface area contributed by atoms with E-state index in [1.54, 1.807) is 0 Å². The summed E-state index contributed by atoms with van der Waals surface area (Å²) < 4.78 is 13.1. The molecule has 0 aromatic heterocycles. The van der Waals surface area contributed by atoms with E-state index in [1.165, 1.54) is 19.1 Å². The smallest absolute Gasteiger partial charge is 0.128 e. The highest BCUT2D eigenvalue weighted by molar-refractivity contribution is 5.31. The maximum Gasteiger partial charge on any atom is 0.128 e. The maximum absolute atomic E-state index is 13.1. The Balaban J connectivity index is 3.05. The van der Waals surface area contributed by atoms with Gasteiger partial charge in [0.05, 0.1) is 12.1 Å². The zero-order valence-electron chi connectivity index (χ0n) is 7.24. The number of halogens is 1. The summed E-state index contributed by atoms with van der Waals surface area (Å²) in [6, 6.07) is 2.75. The second kappa shape index (κ2) is 3.72. The number of nitrogens with two attached hydrogens (primary N) is 1. The standard InChI is InChI=1S/C9H12FNO2/c1-5(12)9(11)7-4-6(13)2-3-8(7)10/h2-5,9,12-13H,11H2,1H3/t5?,9-/m1/s1. The molecule has 0 saturated carbocycles. The van der Waals surface area contributed by atoms with Crippen molar-refractivity contribution in [2.75, 3.05) is 0 Å². The van der Waals surface area contributed by atoms with Gasteiger partial charge in [-0.3, -0.25) is 0 Å². The second-order valence-electron chi connectivity index (χ2n) is 2.97. The molecule has 13 heavy (non-hydrogen) atoms. The van der Waals surface area contributed by atoms with Gasteiger partial charge in [-0.1, -0.05) is 0 Å². The largest absolute Gasteiger partial charge is 0.508 e. The topological polar surface area (TPSA) is 66.5 Å². The molecule has 3 nitrogen and oxygen atoms in total. The van der Waals surface area contributed by atoms with Crippen molar-refractivity contribution in [2.24, 2.45) is 5.73 Å². The van der Waals surface area contributed by atoms with E-state index in [1.807, 2.05) is 0 Å². The Morgan fingerprint density at radius 3 is 2.62 bits per heavy atom. The van der Waals surface area contributed by atoms with Crippen molar-refractivity contribution >= 4 is 0 Å². The monoisotopic (exact) mass is 185 g/mol. The lowest BCUT2D eigenvalue weighted by Crippen LogP contribution is -2.24. The number of benzene rings is 1. The fraction of sp³-hybridized carbons (Fsp3) is 0.333. The molecule has 0 aliphatic carbocycles. The van der Waals surface area contributed by atoms with Gasteiger partial charge in [0.25, 0.3) is 0 Å². The molecule has 72 valence electrons. The van der Waals surface area contributed by atoms with Crippen LogP contribution in [-0.4, -0.2) is 16.3 Å². The van der Waals surface area contributed by atoms with E-state index in [-0.39, 0.29) is 11.3 Å². The van der Waals surface area contributed by atoms with Crippen molar-refractivity contribution in [3.05, 3.63) is 29.6 Å². The van der Waals surface area contributed by atoms with E-state index >= 15 is 0 Å². The third kappa shape index (κ3) is 2.17.